The third kappa shape index (κ3) is 3.43. The van der Waals surface area contributed by atoms with Crippen LogP contribution in [-0.2, 0) is 0 Å². The summed E-state index contributed by atoms with van der Waals surface area (Å²) in [7, 11) is 0. The minimum atomic E-state index is -0.901. The normalized spacial score (nSPS) is 20.3. The molecule has 1 N–H and O–H groups in total. The summed E-state index contributed by atoms with van der Waals surface area (Å²) in [5.74, 6) is 1.09. The van der Waals surface area contributed by atoms with Gasteiger partial charge >= 0.3 is 0 Å². The van der Waals surface area contributed by atoms with Crippen LogP contribution in [0.3, 0.4) is 0 Å². The van der Waals surface area contributed by atoms with Crippen LogP contribution in [0.1, 0.15) is 43.5 Å². The maximum absolute atomic E-state index is 11.2. The maximum atomic E-state index is 11.2. The van der Waals surface area contributed by atoms with Crippen molar-refractivity contribution in [3.63, 3.8) is 0 Å². The van der Waals surface area contributed by atoms with Gasteiger partial charge in [-0.25, -0.2) is 0 Å². The summed E-state index contributed by atoms with van der Waals surface area (Å²) in [6.45, 7) is 6.09. The van der Waals surface area contributed by atoms with Crippen LogP contribution >= 0.6 is 0 Å². The largest absolute Gasteiger partial charge is 0.485 e. The number of benzene rings is 2. The first-order valence-electron chi connectivity index (χ1n) is 9.13. The molecule has 1 heterocycles. The Bertz CT molecular complexity index is 970. The zero-order chi connectivity index (χ0) is 20.3. The lowest BCUT2D eigenvalue weighted by Gasteiger charge is -2.47. The molecule has 28 heavy (non-hydrogen) atoms. The average Bonchev–Trinajstić information content (AvgIpc) is 2.70. The van der Waals surface area contributed by atoms with E-state index >= 15 is 0 Å². The first-order valence-corrected chi connectivity index (χ1v) is 9.13. The van der Waals surface area contributed by atoms with Gasteiger partial charge in [0.2, 0.25) is 6.19 Å². The fourth-order valence-electron chi connectivity index (χ4n) is 3.58. The number of aliphatic imine (C=N–C) groups is 1. The molecule has 2 atom stereocenters. The van der Waals surface area contributed by atoms with E-state index in [1.54, 1.807) is 18.2 Å². The van der Waals surface area contributed by atoms with Crippen LogP contribution in [0.2, 0.25) is 0 Å². The third-order valence-electron chi connectivity index (χ3n) is 4.98. The highest BCUT2D eigenvalue weighted by Gasteiger charge is 2.46. The molecule has 142 valence electrons. The van der Waals surface area contributed by atoms with Crippen molar-refractivity contribution in [2.75, 3.05) is 6.54 Å². The Balaban J connectivity index is 2.19. The second-order valence-corrected chi connectivity index (χ2v) is 7.15. The number of rotatable bonds is 3. The van der Waals surface area contributed by atoms with Crippen molar-refractivity contribution in [1.29, 1.82) is 10.5 Å². The predicted molar refractivity (Wildman–Crippen MR) is 106 cm³/mol. The standard InChI is InChI=1S/C22H22N4O2/c1-4-26(21(25-14-24)16-8-6-5-7-9-16)19-17-12-15(13-23)10-11-18(17)28-22(2,3)20(19)27/h5-12,19-20,27H,4H2,1-3H3. The van der Waals surface area contributed by atoms with Crippen molar-refractivity contribution in [3.05, 3.63) is 65.2 Å². The van der Waals surface area contributed by atoms with Crippen LogP contribution in [0.25, 0.3) is 0 Å². The van der Waals surface area contributed by atoms with Gasteiger partial charge < -0.3 is 14.7 Å². The van der Waals surface area contributed by atoms with E-state index < -0.39 is 17.7 Å². The summed E-state index contributed by atoms with van der Waals surface area (Å²) in [5.41, 5.74) is 1.11. The van der Waals surface area contributed by atoms with E-state index in [1.807, 2.05) is 62.2 Å². The van der Waals surface area contributed by atoms with E-state index in [1.165, 1.54) is 0 Å². The Labute approximate surface area is 164 Å². The number of amidine groups is 1. The number of nitriles is 2. The Hall–Kier alpha value is -3.35. The quantitative estimate of drug-likeness (QED) is 0.505. The van der Waals surface area contributed by atoms with Gasteiger partial charge in [0.05, 0.1) is 17.7 Å². The van der Waals surface area contributed by atoms with E-state index in [4.69, 9.17) is 4.74 Å². The predicted octanol–water partition coefficient (Wildman–Crippen LogP) is 3.38. The molecular formula is C22H22N4O2. The SMILES string of the molecule is CCN(C(=NC#N)c1ccccc1)C1c2cc(C#N)ccc2OC(C)(C)C1O. The van der Waals surface area contributed by atoms with Gasteiger partial charge in [-0.3, -0.25) is 0 Å². The molecule has 6 nitrogen and oxygen atoms in total. The van der Waals surface area contributed by atoms with Crippen LogP contribution in [0.5, 0.6) is 5.75 Å². The lowest BCUT2D eigenvalue weighted by molar-refractivity contribution is -0.0809. The molecule has 1 aliphatic rings. The van der Waals surface area contributed by atoms with Gasteiger partial charge in [0.1, 0.15) is 23.3 Å². The number of likely N-dealkylation sites (N-methyl/N-ethyl adjacent to an activating group) is 1. The Kier molecular flexibility index (Phi) is 5.35. The summed E-state index contributed by atoms with van der Waals surface area (Å²) in [6, 6.07) is 16.2. The zero-order valence-corrected chi connectivity index (χ0v) is 16.1. The first kappa shape index (κ1) is 19.4. The van der Waals surface area contributed by atoms with Crippen molar-refractivity contribution < 1.29 is 9.84 Å². The molecule has 2 aromatic carbocycles. The molecule has 1 aliphatic heterocycles. The maximum Gasteiger partial charge on any atom is 0.207 e. The summed E-state index contributed by atoms with van der Waals surface area (Å²) >= 11 is 0. The number of aliphatic hydroxyl groups is 1. The molecule has 0 saturated carbocycles. The number of ether oxygens (including phenoxy) is 1. The molecule has 0 bridgehead atoms. The van der Waals surface area contributed by atoms with Crippen molar-refractivity contribution >= 4 is 5.84 Å². The Morgan fingerprint density at radius 2 is 1.93 bits per heavy atom. The molecule has 0 fully saturated rings. The molecule has 0 radical (unpaired) electrons. The number of nitrogens with zero attached hydrogens (tertiary/aromatic N) is 4. The van der Waals surface area contributed by atoms with E-state index in [2.05, 4.69) is 11.1 Å². The van der Waals surface area contributed by atoms with Crippen LogP contribution in [0.4, 0.5) is 0 Å². The summed E-state index contributed by atoms with van der Waals surface area (Å²) in [4.78, 5) is 5.97. The third-order valence-corrected chi connectivity index (χ3v) is 4.98. The van der Waals surface area contributed by atoms with Crippen LogP contribution in [0, 0.1) is 22.8 Å². The average molecular weight is 374 g/mol. The number of hydrogen-bond acceptors (Lipinski definition) is 5. The van der Waals surface area contributed by atoms with Crippen LogP contribution < -0.4 is 4.74 Å². The smallest absolute Gasteiger partial charge is 0.207 e. The molecule has 0 saturated heterocycles. The lowest BCUT2D eigenvalue weighted by atomic mass is 9.84. The second-order valence-electron chi connectivity index (χ2n) is 7.15. The van der Waals surface area contributed by atoms with Gasteiger partial charge in [-0.2, -0.15) is 15.5 Å². The molecule has 0 aliphatic carbocycles. The minimum absolute atomic E-state index is 0.473. The van der Waals surface area contributed by atoms with E-state index in [0.717, 1.165) is 5.56 Å². The van der Waals surface area contributed by atoms with E-state index in [0.29, 0.717) is 29.3 Å². The monoisotopic (exact) mass is 374 g/mol. The molecule has 0 spiro atoms. The molecule has 3 rings (SSSR count). The van der Waals surface area contributed by atoms with Crippen molar-refractivity contribution in [2.24, 2.45) is 4.99 Å². The lowest BCUT2D eigenvalue weighted by Crippen LogP contribution is -2.54. The van der Waals surface area contributed by atoms with Crippen LogP contribution in [-0.4, -0.2) is 34.1 Å². The number of fused-ring (bicyclic) bond motifs is 1. The Morgan fingerprint density at radius 3 is 2.54 bits per heavy atom. The van der Waals surface area contributed by atoms with Crippen LogP contribution in [0.15, 0.2) is 53.5 Å². The summed E-state index contributed by atoms with van der Waals surface area (Å²) < 4.78 is 6.01. The van der Waals surface area contributed by atoms with Gasteiger partial charge in [-0.05, 0) is 39.0 Å². The first-order chi connectivity index (χ1) is 13.4. The van der Waals surface area contributed by atoms with Crippen molar-refractivity contribution in [1.82, 2.24) is 4.90 Å². The highest BCUT2D eigenvalue weighted by atomic mass is 16.5. The van der Waals surface area contributed by atoms with Crippen molar-refractivity contribution in [3.8, 4) is 18.0 Å². The summed E-state index contributed by atoms with van der Waals surface area (Å²) in [6.07, 6.45) is 0.982. The minimum Gasteiger partial charge on any atom is -0.485 e. The zero-order valence-electron chi connectivity index (χ0n) is 16.1. The topological polar surface area (TPSA) is 92.6 Å². The Morgan fingerprint density at radius 1 is 1.21 bits per heavy atom. The highest BCUT2D eigenvalue weighted by molar-refractivity contribution is 5.99. The van der Waals surface area contributed by atoms with Gasteiger partial charge in [0, 0.05) is 17.7 Å². The van der Waals surface area contributed by atoms with Gasteiger partial charge in [-0.15, -0.1) is 0 Å². The van der Waals surface area contributed by atoms with Gasteiger partial charge in [0.25, 0.3) is 0 Å². The van der Waals surface area contributed by atoms with Gasteiger partial charge in [0.15, 0.2) is 0 Å². The summed E-state index contributed by atoms with van der Waals surface area (Å²) in [5, 5.41) is 29.8. The fraction of sp³-hybridized carbons (Fsp3) is 0.318. The molecule has 2 aromatic rings. The number of hydrogen-bond donors (Lipinski definition) is 1. The van der Waals surface area contributed by atoms with E-state index in [-0.39, 0.29) is 0 Å². The second kappa shape index (κ2) is 7.72. The molecule has 0 aromatic heterocycles. The fourth-order valence-corrected chi connectivity index (χ4v) is 3.58. The van der Waals surface area contributed by atoms with E-state index in [9.17, 15) is 15.6 Å². The molecular weight excluding hydrogens is 352 g/mol. The number of aliphatic hydroxyl groups excluding tert-OH is 1. The molecule has 2 unspecified atom stereocenters. The molecule has 6 heteroatoms. The molecule has 0 amide bonds. The highest BCUT2D eigenvalue weighted by Crippen LogP contribution is 2.43. The van der Waals surface area contributed by atoms with Gasteiger partial charge in [-0.1, -0.05) is 30.3 Å². The van der Waals surface area contributed by atoms with Crippen molar-refractivity contribution in [2.45, 2.75) is 38.5 Å².